The number of hydrogen-bond donors (Lipinski definition) is 0. The summed E-state index contributed by atoms with van der Waals surface area (Å²) < 4.78 is 1.73. The molecule has 1 fully saturated rings. The summed E-state index contributed by atoms with van der Waals surface area (Å²) in [6.07, 6.45) is 2.03. The van der Waals surface area contributed by atoms with Gasteiger partial charge in [-0.1, -0.05) is 72.3 Å². The van der Waals surface area contributed by atoms with Crippen molar-refractivity contribution in [2.45, 2.75) is 38.4 Å². The van der Waals surface area contributed by atoms with Crippen LogP contribution in [0.25, 0.3) is 10.9 Å². The highest BCUT2D eigenvalue weighted by Gasteiger charge is 2.33. The molecule has 1 aromatic heterocycles. The maximum absolute atomic E-state index is 13.6. The van der Waals surface area contributed by atoms with E-state index in [4.69, 9.17) is 16.6 Å². The average Bonchev–Trinajstić information content (AvgIpc) is 2.83. The minimum Gasteiger partial charge on any atom is -0.328 e. The van der Waals surface area contributed by atoms with E-state index in [1.807, 2.05) is 65.6 Å². The molecule has 5 nitrogen and oxygen atoms in total. The van der Waals surface area contributed by atoms with Gasteiger partial charge in [0.25, 0.3) is 5.56 Å². The van der Waals surface area contributed by atoms with Crippen molar-refractivity contribution in [3.05, 3.63) is 111 Å². The Kier molecular flexibility index (Phi) is 5.97. The van der Waals surface area contributed by atoms with Gasteiger partial charge >= 0.3 is 0 Å². The van der Waals surface area contributed by atoms with Crippen molar-refractivity contribution < 1.29 is 4.79 Å². The first kappa shape index (κ1) is 21.4. The number of fused-ring (bicyclic) bond motifs is 1. The third kappa shape index (κ3) is 4.41. The van der Waals surface area contributed by atoms with Gasteiger partial charge < -0.3 is 4.90 Å². The minimum absolute atomic E-state index is 0.0850. The number of likely N-dealkylation sites (tertiary alicyclic amines) is 1. The first-order chi connectivity index (χ1) is 16.1. The van der Waals surface area contributed by atoms with Gasteiger partial charge in [-0.25, -0.2) is 4.98 Å². The second-order valence-electron chi connectivity index (χ2n) is 8.42. The maximum Gasteiger partial charge on any atom is 0.261 e. The predicted molar refractivity (Wildman–Crippen MR) is 130 cm³/mol. The molecule has 1 aliphatic heterocycles. The molecule has 0 aliphatic carbocycles. The number of carbonyl (C=O) groups is 1. The highest BCUT2D eigenvalue weighted by Crippen LogP contribution is 2.33. The molecule has 1 saturated heterocycles. The summed E-state index contributed by atoms with van der Waals surface area (Å²) in [6.45, 7) is 0.879. The fourth-order valence-electron chi connectivity index (χ4n) is 4.55. The van der Waals surface area contributed by atoms with Crippen LogP contribution >= 0.6 is 11.6 Å². The lowest BCUT2D eigenvalue weighted by molar-refractivity contribution is -0.137. The summed E-state index contributed by atoms with van der Waals surface area (Å²) in [5.41, 5.74) is 2.50. The van der Waals surface area contributed by atoms with Crippen LogP contribution in [0.3, 0.4) is 0 Å². The Morgan fingerprint density at radius 1 is 0.879 bits per heavy atom. The van der Waals surface area contributed by atoms with Crippen LogP contribution in [0.4, 0.5) is 0 Å². The number of piperidine rings is 1. The van der Waals surface area contributed by atoms with Crippen molar-refractivity contribution >= 4 is 28.4 Å². The Hall–Kier alpha value is -3.44. The fraction of sp³-hybridized carbons (Fsp3) is 0.222. The van der Waals surface area contributed by atoms with Crippen molar-refractivity contribution in [2.75, 3.05) is 0 Å². The Labute approximate surface area is 197 Å². The number of hydrogen-bond acceptors (Lipinski definition) is 3. The topological polar surface area (TPSA) is 55.2 Å². The smallest absolute Gasteiger partial charge is 0.261 e. The molecule has 6 heteroatoms. The number of amides is 1. The number of aromatic nitrogens is 2. The van der Waals surface area contributed by atoms with Crippen molar-refractivity contribution in [2.24, 2.45) is 0 Å². The minimum atomic E-state index is -0.286. The van der Waals surface area contributed by atoms with E-state index in [2.05, 4.69) is 0 Å². The quantitative estimate of drug-likeness (QED) is 0.406. The Morgan fingerprint density at radius 3 is 2.24 bits per heavy atom. The highest BCUT2D eigenvalue weighted by molar-refractivity contribution is 6.31. The van der Waals surface area contributed by atoms with Crippen LogP contribution in [0, 0.1) is 0 Å². The number of nitrogens with zero attached hydrogens (tertiary/aromatic N) is 3. The van der Waals surface area contributed by atoms with Crippen LogP contribution in [-0.2, 0) is 17.9 Å². The van der Waals surface area contributed by atoms with E-state index in [1.54, 1.807) is 22.8 Å². The van der Waals surface area contributed by atoms with Crippen molar-refractivity contribution in [3.8, 4) is 0 Å². The summed E-state index contributed by atoms with van der Waals surface area (Å²) >= 11 is 6.22. The lowest BCUT2D eigenvalue weighted by atomic mass is 9.99. The van der Waals surface area contributed by atoms with E-state index in [1.165, 1.54) is 0 Å². The number of carbonyl (C=O) groups excluding carboxylic acids is 1. The van der Waals surface area contributed by atoms with Crippen LogP contribution in [0.1, 0.15) is 42.3 Å². The maximum atomic E-state index is 13.6. The van der Waals surface area contributed by atoms with Crippen molar-refractivity contribution in [1.29, 1.82) is 0 Å². The molecule has 5 rings (SSSR count). The van der Waals surface area contributed by atoms with Gasteiger partial charge in [0.05, 0.1) is 23.5 Å². The SMILES string of the molecule is O=C1CCCC(c2nc3cc(Cl)ccc3c(=O)n2Cc2ccccc2)N1Cc1ccccc1. The van der Waals surface area contributed by atoms with E-state index < -0.39 is 0 Å². The monoisotopic (exact) mass is 457 g/mol. The zero-order valence-corrected chi connectivity index (χ0v) is 18.9. The van der Waals surface area contributed by atoms with E-state index in [-0.39, 0.29) is 17.5 Å². The van der Waals surface area contributed by atoms with Crippen LogP contribution in [0.15, 0.2) is 83.7 Å². The first-order valence-corrected chi connectivity index (χ1v) is 11.6. The Morgan fingerprint density at radius 2 is 1.55 bits per heavy atom. The molecule has 1 amide bonds. The third-order valence-electron chi connectivity index (χ3n) is 6.19. The largest absolute Gasteiger partial charge is 0.328 e. The second kappa shape index (κ2) is 9.20. The molecule has 2 heterocycles. The number of benzene rings is 3. The molecular formula is C27H24ClN3O2. The molecule has 3 aromatic carbocycles. The number of rotatable bonds is 5. The molecule has 0 N–H and O–H groups in total. The van der Waals surface area contributed by atoms with E-state index >= 15 is 0 Å². The van der Waals surface area contributed by atoms with Gasteiger partial charge in [-0.2, -0.15) is 0 Å². The van der Waals surface area contributed by atoms with Gasteiger partial charge in [-0.15, -0.1) is 0 Å². The molecule has 166 valence electrons. The third-order valence-corrected chi connectivity index (χ3v) is 6.42. The lowest BCUT2D eigenvalue weighted by Crippen LogP contribution is -2.41. The molecule has 33 heavy (non-hydrogen) atoms. The predicted octanol–water partition coefficient (Wildman–Crippen LogP) is 5.35. The molecule has 1 unspecified atom stereocenters. The van der Waals surface area contributed by atoms with Crippen LogP contribution in [0.2, 0.25) is 5.02 Å². The summed E-state index contributed by atoms with van der Waals surface area (Å²) in [6, 6.07) is 24.7. The number of halogens is 1. The zero-order chi connectivity index (χ0) is 22.8. The van der Waals surface area contributed by atoms with Gasteiger partial charge in [0.15, 0.2) is 0 Å². The molecule has 1 atom stereocenters. The molecule has 4 aromatic rings. The van der Waals surface area contributed by atoms with Crippen molar-refractivity contribution in [3.63, 3.8) is 0 Å². The molecule has 0 spiro atoms. The summed E-state index contributed by atoms with van der Waals surface area (Å²) in [7, 11) is 0. The standard InChI is InChI=1S/C27H24ClN3O2/c28-21-14-15-22-23(16-21)29-26(31(27(22)33)18-20-10-5-2-6-11-20)24-12-7-13-25(32)30(24)17-19-8-3-1-4-9-19/h1-6,8-11,14-16,24H,7,12-13,17-18H2. The summed E-state index contributed by atoms with van der Waals surface area (Å²) in [5.74, 6) is 0.699. The fourth-order valence-corrected chi connectivity index (χ4v) is 4.72. The zero-order valence-electron chi connectivity index (χ0n) is 18.2. The first-order valence-electron chi connectivity index (χ1n) is 11.2. The van der Waals surface area contributed by atoms with E-state index in [0.717, 1.165) is 24.0 Å². The molecule has 1 aliphatic rings. The van der Waals surface area contributed by atoms with Crippen molar-refractivity contribution in [1.82, 2.24) is 14.5 Å². The normalized spacial score (nSPS) is 16.3. The molecule has 0 bridgehead atoms. The highest BCUT2D eigenvalue weighted by atomic mass is 35.5. The van der Waals surface area contributed by atoms with Crippen LogP contribution < -0.4 is 5.56 Å². The van der Waals surface area contributed by atoms with Crippen LogP contribution in [-0.4, -0.2) is 20.4 Å². The molecular weight excluding hydrogens is 434 g/mol. The Balaban J connectivity index is 1.66. The average molecular weight is 458 g/mol. The molecule has 0 radical (unpaired) electrons. The summed E-state index contributed by atoms with van der Waals surface area (Å²) in [4.78, 5) is 33.5. The lowest BCUT2D eigenvalue weighted by Gasteiger charge is -2.36. The van der Waals surface area contributed by atoms with Crippen LogP contribution in [0.5, 0.6) is 0 Å². The second-order valence-corrected chi connectivity index (χ2v) is 8.86. The van der Waals surface area contributed by atoms with Gasteiger partial charge in [-0.3, -0.25) is 14.2 Å². The summed E-state index contributed by atoms with van der Waals surface area (Å²) in [5, 5.41) is 1.05. The molecule has 0 saturated carbocycles. The van der Waals surface area contributed by atoms with E-state index in [0.29, 0.717) is 41.3 Å². The Bertz CT molecular complexity index is 1350. The van der Waals surface area contributed by atoms with Gasteiger partial charge in [0.2, 0.25) is 5.91 Å². The van der Waals surface area contributed by atoms with Gasteiger partial charge in [-0.05, 0) is 42.2 Å². The van der Waals surface area contributed by atoms with Gasteiger partial charge in [0.1, 0.15) is 5.82 Å². The van der Waals surface area contributed by atoms with Gasteiger partial charge in [0, 0.05) is 18.0 Å². The van der Waals surface area contributed by atoms with E-state index in [9.17, 15) is 9.59 Å².